The molecule has 0 aliphatic heterocycles. The van der Waals surface area contributed by atoms with E-state index < -0.39 is 30.2 Å². The molecule has 0 aliphatic carbocycles. The molecule has 0 spiro atoms. The molecular formula is C20H34O6. The van der Waals surface area contributed by atoms with Gasteiger partial charge in [-0.1, -0.05) is 50.5 Å². The molecule has 0 aromatic rings. The summed E-state index contributed by atoms with van der Waals surface area (Å²) in [7, 11) is 0. The molecule has 0 aromatic carbocycles. The van der Waals surface area contributed by atoms with Crippen molar-refractivity contribution in [2.45, 2.75) is 83.0 Å². The van der Waals surface area contributed by atoms with Gasteiger partial charge in [0.25, 0.3) is 0 Å². The van der Waals surface area contributed by atoms with Gasteiger partial charge in [0.15, 0.2) is 0 Å². The lowest BCUT2D eigenvalue weighted by atomic mass is 9.89. The third kappa shape index (κ3) is 12.8. The summed E-state index contributed by atoms with van der Waals surface area (Å²) in [5, 5.41) is 38.9. The standard InChI is InChI=1S/C20H34O6/c1-2-3-6-9-16(22)12-13-18(23)17(19(24)14-15-21)10-7-4-5-8-11-20(25)26/h4,7,12-13,15-19,22-24H,2-3,5-6,8-11,14H2,1H3,(H,25,26)/b7-4-,13-12+/t16-,17+,18+,19-/m0/s1. The smallest absolute Gasteiger partial charge is 0.303 e. The van der Waals surface area contributed by atoms with E-state index >= 15 is 0 Å². The zero-order valence-corrected chi connectivity index (χ0v) is 15.7. The average molecular weight is 370 g/mol. The minimum atomic E-state index is -0.979. The van der Waals surface area contributed by atoms with Crippen LogP contribution in [0.3, 0.4) is 0 Å². The van der Waals surface area contributed by atoms with Crippen LogP contribution in [0, 0.1) is 5.92 Å². The van der Waals surface area contributed by atoms with E-state index in [-0.39, 0.29) is 12.8 Å². The van der Waals surface area contributed by atoms with Gasteiger partial charge in [-0.25, -0.2) is 0 Å². The fourth-order valence-electron chi connectivity index (χ4n) is 2.62. The van der Waals surface area contributed by atoms with Gasteiger partial charge >= 0.3 is 5.97 Å². The van der Waals surface area contributed by atoms with Gasteiger partial charge in [-0.2, -0.15) is 0 Å². The second-order valence-corrected chi connectivity index (χ2v) is 6.57. The van der Waals surface area contributed by atoms with E-state index in [1.54, 1.807) is 6.08 Å². The van der Waals surface area contributed by atoms with Crippen molar-refractivity contribution in [3.8, 4) is 0 Å². The van der Waals surface area contributed by atoms with Crippen LogP contribution >= 0.6 is 0 Å². The first-order valence-corrected chi connectivity index (χ1v) is 9.45. The van der Waals surface area contributed by atoms with E-state index in [0.29, 0.717) is 32.0 Å². The first-order chi connectivity index (χ1) is 12.4. The van der Waals surface area contributed by atoms with Gasteiger partial charge in [0.1, 0.15) is 6.29 Å². The topological polar surface area (TPSA) is 115 Å². The summed E-state index contributed by atoms with van der Waals surface area (Å²) < 4.78 is 0. The number of carboxylic acid groups (broad SMARTS) is 1. The van der Waals surface area contributed by atoms with Crippen molar-refractivity contribution in [2.24, 2.45) is 5.92 Å². The molecule has 0 aromatic heterocycles. The first kappa shape index (κ1) is 24.5. The van der Waals surface area contributed by atoms with Crippen LogP contribution in [0.1, 0.15) is 64.7 Å². The maximum absolute atomic E-state index is 10.7. The van der Waals surface area contributed by atoms with Crippen LogP contribution in [-0.4, -0.2) is 51.0 Å². The van der Waals surface area contributed by atoms with Crippen LogP contribution in [0.4, 0.5) is 0 Å². The largest absolute Gasteiger partial charge is 0.481 e. The lowest BCUT2D eigenvalue weighted by molar-refractivity contribution is -0.137. The molecule has 0 rings (SSSR count). The van der Waals surface area contributed by atoms with Crippen LogP contribution in [0.25, 0.3) is 0 Å². The van der Waals surface area contributed by atoms with Gasteiger partial charge in [0.2, 0.25) is 0 Å². The zero-order valence-electron chi connectivity index (χ0n) is 15.7. The molecule has 0 radical (unpaired) electrons. The number of rotatable bonds is 16. The zero-order chi connectivity index (χ0) is 19.8. The lowest BCUT2D eigenvalue weighted by Crippen LogP contribution is -2.31. The van der Waals surface area contributed by atoms with Crippen molar-refractivity contribution in [1.82, 2.24) is 0 Å². The van der Waals surface area contributed by atoms with Gasteiger partial charge < -0.3 is 25.2 Å². The summed E-state index contributed by atoms with van der Waals surface area (Å²) in [6.07, 6.45) is 9.82. The van der Waals surface area contributed by atoms with E-state index in [2.05, 4.69) is 6.92 Å². The number of aldehydes is 1. The Kier molecular flexibility index (Phi) is 14.8. The molecule has 0 heterocycles. The number of carbonyl (C=O) groups is 2. The molecule has 0 amide bonds. The molecule has 0 saturated carbocycles. The maximum Gasteiger partial charge on any atom is 0.303 e. The molecule has 0 unspecified atom stereocenters. The normalized spacial score (nSPS) is 16.6. The quantitative estimate of drug-likeness (QED) is 0.189. The highest BCUT2D eigenvalue weighted by molar-refractivity contribution is 5.66. The highest BCUT2D eigenvalue weighted by atomic mass is 16.4. The van der Waals surface area contributed by atoms with Crippen molar-refractivity contribution in [2.75, 3.05) is 0 Å². The summed E-state index contributed by atoms with van der Waals surface area (Å²) >= 11 is 0. The number of aliphatic hydroxyl groups is 3. The van der Waals surface area contributed by atoms with Crippen molar-refractivity contribution in [1.29, 1.82) is 0 Å². The summed E-state index contributed by atoms with van der Waals surface area (Å²) in [4.78, 5) is 21.1. The number of hydrogen-bond acceptors (Lipinski definition) is 5. The summed E-state index contributed by atoms with van der Waals surface area (Å²) in [5.74, 6) is -1.40. The van der Waals surface area contributed by atoms with Gasteiger partial charge in [-0.05, 0) is 25.7 Å². The molecule has 4 N–H and O–H groups in total. The Bertz CT molecular complexity index is 432. The Balaban J connectivity index is 4.57. The average Bonchev–Trinajstić information content (AvgIpc) is 2.59. The maximum atomic E-state index is 10.7. The fourth-order valence-corrected chi connectivity index (χ4v) is 2.62. The minimum Gasteiger partial charge on any atom is -0.481 e. The van der Waals surface area contributed by atoms with Gasteiger partial charge in [0.05, 0.1) is 18.3 Å². The van der Waals surface area contributed by atoms with Gasteiger partial charge in [-0.15, -0.1) is 0 Å². The number of aliphatic hydroxyl groups excluding tert-OH is 3. The van der Waals surface area contributed by atoms with Crippen LogP contribution in [-0.2, 0) is 9.59 Å². The Morgan fingerprint density at radius 3 is 2.35 bits per heavy atom. The van der Waals surface area contributed by atoms with Crippen molar-refractivity contribution >= 4 is 12.3 Å². The molecule has 6 nitrogen and oxygen atoms in total. The number of aliphatic carboxylic acids is 1. The van der Waals surface area contributed by atoms with E-state index in [1.165, 1.54) is 12.2 Å². The van der Waals surface area contributed by atoms with Crippen LogP contribution < -0.4 is 0 Å². The number of hydrogen-bond donors (Lipinski definition) is 4. The second kappa shape index (κ2) is 15.7. The predicted molar refractivity (Wildman–Crippen MR) is 101 cm³/mol. The van der Waals surface area contributed by atoms with Gasteiger partial charge in [0, 0.05) is 18.8 Å². The monoisotopic (exact) mass is 370 g/mol. The van der Waals surface area contributed by atoms with Crippen LogP contribution in [0.2, 0.25) is 0 Å². The fraction of sp³-hybridized carbons (Fsp3) is 0.700. The number of allylic oxidation sites excluding steroid dienone is 2. The van der Waals surface area contributed by atoms with E-state index in [1.807, 2.05) is 6.08 Å². The number of carboxylic acids is 1. The second-order valence-electron chi connectivity index (χ2n) is 6.57. The molecule has 4 atom stereocenters. The highest BCUT2D eigenvalue weighted by Gasteiger charge is 2.24. The molecular weight excluding hydrogens is 336 g/mol. The van der Waals surface area contributed by atoms with Crippen LogP contribution in [0.5, 0.6) is 0 Å². The number of carbonyl (C=O) groups excluding carboxylic acids is 1. The third-order valence-electron chi connectivity index (χ3n) is 4.24. The molecule has 0 aliphatic rings. The van der Waals surface area contributed by atoms with Crippen molar-refractivity contribution in [3.05, 3.63) is 24.3 Å². The van der Waals surface area contributed by atoms with E-state index in [0.717, 1.165) is 19.3 Å². The van der Waals surface area contributed by atoms with Crippen LogP contribution in [0.15, 0.2) is 24.3 Å². The van der Waals surface area contributed by atoms with Crippen molar-refractivity contribution < 1.29 is 30.0 Å². The Labute approximate surface area is 156 Å². The predicted octanol–water partition coefficient (Wildman–Crippen LogP) is 2.61. The minimum absolute atomic E-state index is 0.0680. The molecule has 150 valence electrons. The SMILES string of the molecule is CCCCC[C@H](O)/C=C/[C@@H](O)[C@@H](C/C=C\CCCC(=O)O)[C@@H](O)CC=O. The number of unbranched alkanes of at least 4 members (excludes halogenated alkanes) is 3. The lowest BCUT2D eigenvalue weighted by Gasteiger charge is -2.24. The Morgan fingerprint density at radius 2 is 1.73 bits per heavy atom. The molecule has 26 heavy (non-hydrogen) atoms. The molecule has 0 bridgehead atoms. The third-order valence-corrected chi connectivity index (χ3v) is 4.24. The van der Waals surface area contributed by atoms with E-state index in [9.17, 15) is 24.9 Å². The van der Waals surface area contributed by atoms with Crippen molar-refractivity contribution in [3.63, 3.8) is 0 Å². The molecule has 6 heteroatoms. The van der Waals surface area contributed by atoms with E-state index in [4.69, 9.17) is 5.11 Å². The summed E-state index contributed by atoms with van der Waals surface area (Å²) in [5.41, 5.74) is 0. The Morgan fingerprint density at radius 1 is 1.00 bits per heavy atom. The highest BCUT2D eigenvalue weighted by Crippen LogP contribution is 2.19. The molecule has 0 fully saturated rings. The summed E-state index contributed by atoms with van der Waals surface area (Å²) in [6, 6.07) is 0. The molecule has 0 saturated heterocycles. The first-order valence-electron chi connectivity index (χ1n) is 9.45. The van der Waals surface area contributed by atoms with Gasteiger partial charge in [-0.3, -0.25) is 4.79 Å². The Hall–Kier alpha value is -1.50. The summed E-state index contributed by atoms with van der Waals surface area (Å²) in [6.45, 7) is 2.08.